The maximum absolute atomic E-state index is 12.5. The molecule has 0 unspecified atom stereocenters. The molecule has 0 atom stereocenters. The van der Waals surface area contributed by atoms with Crippen molar-refractivity contribution in [3.63, 3.8) is 0 Å². The standard InChI is InChI=1S/C10H9F2IO/c1-5-3-8(10(11)12)7(6(2)14)4-9(5)13/h3-4,10H,1-2H3. The monoisotopic (exact) mass is 310 g/mol. The summed E-state index contributed by atoms with van der Waals surface area (Å²) >= 11 is 2.03. The van der Waals surface area contributed by atoms with Gasteiger partial charge in [-0.05, 0) is 54.1 Å². The molecule has 1 nitrogen and oxygen atoms in total. The first-order chi connectivity index (χ1) is 6.43. The van der Waals surface area contributed by atoms with E-state index in [4.69, 9.17) is 0 Å². The minimum absolute atomic E-state index is 0.120. The molecule has 0 aliphatic carbocycles. The topological polar surface area (TPSA) is 17.1 Å². The second-order valence-electron chi connectivity index (χ2n) is 3.05. The molecule has 0 saturated carbocycles. The van der Waals surface area contributed by atoms with E-state index in [-0.39, 0.29) is 16.9 Å². The van der Waals surface area contributed by atoms with Crippen LogP contribution in [0.1, 0.15) is 34.8 Å². The minimum atomic E-state index is -2.59. The molecular formula is C10H9F2IO. The summed E-state index contributed by atoms with van der Waals surface area (Å²) in [7, 11) is 0. The average molecular weight is 310 g/mol. The molecule has 76 valence electrons. The molecule has 0 N–H and O–H groups in total. The molecule has 0 bridgehead atoms. The van der Waals surface area contributed by atoms with Crippen LogP contribution in [0.2, 0.25) is 0 Å². The Morgan fingerprint density at radius 2 is 2.00 bits per heavy atom. The first-order valence-electron chi connectivity index (χ1n) is 4.02. The number of hydrogen-bond acceptors (Lipinski definition) is 1. The third-order valence-corrected chi connectivity index (χ3v) is 3.11. The Morgan fingerprint density at radius 1 is 1.43 bits per heavy atom. The van der Waals surface area contributed by atoms with Crippen LogP contribution in [0.5, 0.6) is 0 Å². The molecular weight excluding hydrogens is 301 g/mol. The minimum Gasteiger partial charge on any atom is -0.294 e. The van der Waals surface area contributed by atoms with Gasteiger partial charge in [-0.3, -0.25) is 4.79 Å². The number of benzene rings is 1. The predicted molar refractivity (Wildman–Crippen MR) is 58.9 cm³/mol. The lowest BCUT2D eigenvalue weighted by molar-refractivity contribution is 0.0999. The predicted octanol–water partition coefficient (Wildman–Crippen LogP) is 3.74. The van der Waals surface area contributed by atoms with Gasteiger partial charge >= 0.3 is 0 Å². The van der Waals surface area contributed by atoms with Crippen molar-refractivity contribution in [1.29, 1.82) is 0 Å². The molecule has 14 heavy (non-hydrogen) atoms. The van der Waals surface area contributed by atoms with Gasteiger partial charge in [-0.2, -0.15) is 0 Å². The van der Waals surface area contributed by atoms with Crippen LogP contribution >= 0.6 is 22.6 Å². The van der Waals surface area contributed by atoms with Crippen LogP contribution in [-0.4, -0.2) is 5.78 Å². The van der Waals surface area contributed by atoms with Crippen LogP contribution in [0.15, 0.2) is 12.1 Å². The normalized spacial score (nSPS) is 10.7. The Labute approximate surface area is 94.6 Å². The lowest BCUT2D eigenvalue weighted by Crippen LogP contribution is -2.02. The summed E-state index contributed by atoms with van der Waals surface area (Å²) in [4.78, 5) is 11.1. The second-order valence-corrected chi connectivity index (χ2v) is 4.21. The number of aryl methyl sites for hydroxylation is 1. The Balaban J connectivity index is 3.39. The van der Waals surface area contributed by atoms with Crippen molar-refractivity contribution in [2.24, 2.45) is 0 Å². The van der Waals surface area contributed by atoms with E-state index in [1.54, 1.807) is 6.92 Å². The summed E-state index contributed by atoms with van der Waals surface area (Å²) < 4.78 is 25.9. The van der Waals surface area contributed by atoms with Gasteiger partial charge in [0.2, 0.25) is 0 Å². The van der Waals surface area contributed by atoms with Crippen molar-refractivity contribution < 1.29 is 13.6 Å². The number of hydrogen-bond donors (Lipinski definition) is 0. The lowest BCUT2D eigenvalue weighted by Gasteiger charge is -2.08. The summed E-state index contributed by atoms with van der Waals surface area (Å²) in [5, 5.41) is 0. The van der Waals surface area contributed by atoms with Gasteiger partial charge in [-0.15, -0.1) is 0 Å². The van der Waals surface area contributed by atoms with Crippen LogP contribution in [0.25, 0.3) is 0 Å². The van der Waals surface area contributed by atoms with E-state index in [9.17, 15) is 13.6 Å². The highest BCUT2D eigenvalue weighted by Gasteiger charge is 2.17. The first kappa shape index (κ1) is 11.6. The van der Waals surface area contributed by atoms with Crippen LogP contribution in [0.3, 0.4) is 0 Å². The van der Waals surface area contributed by atoms with Gasteiger partial charge in [-0.25, -0.2) is 8.78 Å². The van der Waals surface area contributed by atoms with Crippen molar-refractivity contribution in [1.82, 2.24) is 0 Å². The maximum atomic E-state index is 12.5. The molecule has 1 rings (SSSR count). The molecule has 0 aliphatic rings. The molecule has 0 fully saturated rings. The van der Waals surface area contributed by atoms with Crippen LogP contribution < -0.4 is 0 Å². The molecule has 0 heterocycles. The number of ketones is 1. The van der Waals surface area contributed by atoms with E-state index in [0.717, 1.165) is 9.13 Å². The summed E-state index contributed by atoms with van der Waals surface area (Å²) in [5.74, 6) is -0.321. The number of carbonyl (C=O) groups is 1. The average Bonchev–Trinajstić information content (AvgIpc) is 2.08. The van der Waals surface area contributed by atoms with E-state index in [1.807, 2.05) is 22.6 Å². The molecule has 0 amide bonds. The Bertz CT molecular complexity index is 375. The highest BCUT2D eigenvalue weighted by Crippen LogP contribution is 2.27. The fourth-order valence-electron chi connectivity index (χ4n) is 1.19. The highest BCUT2D eigenvalue weighted by molar-refractivity contribution is 14.1. The van der Waals surface area contributed by atoms with Gasteiger partial charge in [-0.1, -0.05) is 0 Å². The van der Waals surface area contributed by atoms with Gasteiger partial charge in [0, 0.05) is 14.7 Å². The smallest absolute Gasteiger partial charge is 0.264 e. The number of rotatable bonds is 2. The molecule has 1 aromatic carbocycles. The van der Waals surface area contributed by atoms with E-state index >= 15 is 0 Å². The zero-order valence-electron chi connectivity index (χ0n) is 7.77. The van der Waals surface area contributed by atoms with Gasteiger partial charge in [0.05, 0.1) is 0 Å². The zero-order chi connectivity index (χ0) is 10.9. The van der Waals surface area contributed by atoms with Gasteiger partial charge in [0.1, 0.15) is 0 Å². The first-order valence-corrected chi connectivity index (χ1v) is 5.10. The fraction of sp³-hybridized carbons (Fsp3) is 0.300. The van der Waals surface area contributed by atoms with E-state index < -0.39 is 6.43 Å². The Morgan fingerprint density at radius 3 is 2.43 bits per heavy atom. The summed E-state index contributed by atoms with van der Waals surface area (Å²) in [5.41, 5.74) is 0.719. The quantitative estimate of drug-likeness (QED) is 0.601. The summed E-state index contributed by atoms with van der Waals surface area (Å²) in [6, 6.07) is 2.89. The van der Waals surface area contributed by atoms with Crippen molar-refractivity contribution in [3.05, 3.63) is 32.4 Å². The maximum Gasteiger partial charge on any atom is 0.264 e. The summed E-state index contributed by atoms with van der Waals surface area (Å²) in [6.45, 7) is 3.05. The van der Waals surface area contributed by atoms with Crippen molar-refractivity contribution in [2.45, 2.75) is 20.3 Å². The molecule has 0 aromatic heterocycles. The van der Waals surface area contributed by atoms with Crippen LogP contribution in [0.4, 0.5) is 8.78 Å². The van der Waals surface area contributed by atoms with Crippen LogP contribution in [0, 0.1) is 10.5 Å². The van der Waals surface area contributed by atoms with E-state index in [1.165, 1.54) is 19.1 Å². The molecule has 0 saturated heterocycles. The second kappa shape index (κ2) is 4.33. The van der Waals surface area contributed by atoms with Gasteiger partial charge in [0.25, 0.3) is 6.43 Å². The Kier molecular flexibility index (Phi) is 3.58. The van der Waals surface area contributed by atoms with E-state index in [2.05, 4.69) is 0 Å². The Hall–Kier alpha value is -0.520. The molecule has 1 aromatic rings. The SMILES string of the molecule is CC(=O)c1cc(I)c(C)cc1C(F)F. The third-order valence-electron chi connectivity index (χ3n) is 1.95. The number of halogens is 3. The van der Waals surface area contributed by atoms with Crippen molar-refractivity contribution >= 4 is 28.4 Å². The van der Waals surface area contributed by atoms with Gasteiger partial charge < -0.3 is 0 Å². The molecule has 4 heteroatoms. The number of alkyl halides is 2. The number of Topliss-reactive ketones (excluding diaryl/α,β-unsaturated/α-hetero) is 1. The van der Waals surface area contributed by atoms with Crippen molar-refractivity contribution in [3.8, 4) is 0 Å². The molecule has 0 aliphatic heterocycles. The fourth-order valence-corrected chi connectivity index (χ4v) is 1.66. The largest absolute Gasteiger partial charge is 0.294 e. The van der Waals surface area contributed by atoms with Gasteiger partial charge in [0.15, 0.2) is 5.78 Å². The lowest BCUT2D eigenvalue weighted by atomic mass is 10.0. The zero-order valence-corrected chi connectivity index (χ0v) is 9.93. The summed E-state index contributed by atoms with van der Waals surface area (Å²) in [6.07, 6.45) is -2.59. The highest BCUT2D eigenvalue weighted by atomic mass is 127. The molecule has 0 radical (unpaired) electrons. The van der Waals surface area contributed by atoms with E-state index in [0.29, 0.717) is 0 Å². The van der Waals surface area contributed by atoms with Crippen molar-refractivity contribution in [2.75, 3.05) is 0 Å². The van der Waals surface area contributed by atoms with Crippen LogP contribution in [-0.2, 0) is 0 Å². The molecule has 0 spiro atoms. The third kappa shape index (κ3) is 2.29. The number of carbonyl (C=O) groups excluding carboxylic acids is 1.